The van der Waals surface area contributed by atoms with Crippen molar-refractivity contribution in [3.8, 4) is 0 Å². The molecule has 1 heterocycles. The maximum absolute atomic E-state index is 12.2. The molecule has 0 bridgehead atoms. The zero-order valence-corrected chi connectivity index (χ0v) is 18.7. The van der Waals surface area contributed by atoms with Crippen LogP contribution in [0.25, 0.3) is 0 Å². The highest BCUT2D eigenvalue weighted by Gasteiger charge is 2.23. The van der Waals surface area contributed by atoms with Gasteiger partial charge in [-0.25, -0.2) is 14.6 Å². The fourth-order valence-corrected chi connectivity index (χ4v) is 3.43. The molecule has 2 rings (SSSR count). The third-order valence-electron chi connectivity index (χ3n) is 3.92. The van der Waals surface area contributed by atoms with Crippen molar-refractivity contribution >= 4 is 29.4 Å². The smallest absolute Gasteiger partial charge is 0.408 e. The number of carbonyl (C=O) groups excluding carboxylic acids is 3. The van der Waals surface area contributed by atoms with E-state index in [1.165, 1.54) is 11.3 Å². The molecule has 10 heteroatoms. The Balaban J connectivity index is 1.86. The molecule has 168 valence electrons. The summed E-state index contributed by atoms with van der Waals surface area (Å²) >= 11 is 1.22. The summed E-state index contributed by atoms with van der Waals surface area (Å²) < 4.78 is 10.5. The number of amides is 3. The number of thiazole rings is 1. The molecule has 0 aliphatic rings. The number of ether oxygens (including phenoxy) is 2. The molecule has 2 aromatic rings. The van der Waals surface area contributed by atoms with Crippen LogP contribution in [-0.2, 0) is 16.1 Å². The molecule has 9 nitrogen and oxygen atoms in total. The zero-order chi connectivity index (χ0) is 22.9. The zero-order valence-electron chi connectivity index (χ0n) is 17.8. The lowest BCUT2D eigenvalue weighted by Crippen LogP contribution is -2.35. The fraction of sp³-hybridized carbons (Fsp3) is 0.429. The van der Waals surface area contributed by atoms with Crippen LogP contribution in [0.2, 0.25) is 0 Å². The minimum absolute atomic E-state index is 0.138. The molecule has 0 aliphatic heterocycles. The first-order valence-corrected chi connectivity index (χ1v) is 10.7. The van der Waals surface area contributed by atoms with Gasteiger partial charge in [0.05, 0.1) is 6.04 Å². The largest absolute Gasteiger partial charge is 0.445 e. The van der Waals surface area contributed by atoms with E-state index < -0.39 is 29.7 Å². The quantitative estimate of drug-likeness (QED) is 0.503. The van der Waals surface area contributed by atoms with Crippen LogP contribution < -0.4 is 16.4 Å². The van der Waals surface area contributed by atoms with Gasteiger partial charge >= 0.3 is 12.2 Å². The van der Waals surface area contributed by atoms with E-state index in [4.69, 9.17) is 15.2 Å². The number of aromatic nitrogens is 1. The number of hydrogen-bond acceptors (Lipinski definition) is 7. The van der Waals surface area contributed by atoms with Crippen LogP contribution in [0.4, 0.5) is 9.59 Å². The summed E-state index contributed by atoms with van der Waals surface area (Å²) in [5.74, 6) is -0.638. The van der Waals surface area contributed by atoms with E-state index in [0.29, 0.717) is 24.4 Å². The van der Waals surface area contributed by atoms with Gasteiger partial charge in [0.25, 0.3) is 5.91 Å². The van der Waals surface area contributed by atoms with Gasteiger partial charge in [0, 0.05) is 11.9 Å². The number of rotatable bonds is 9. The van der Waals surface area contributed by atoms with Gasteiger partial charge < -0.3 is 25.8 Å². The highest BCUT2D eigenvalue weighted by molar-refractivity contribution is 7.09. The van der Waals surface area contributed by atoms with E-state index in [-0.39, 0.29) is 12.3 Å². The second kappa shape index (κ2) is 11.3. The van der Waals surface area contributed by atoms with Crippen LogP contribution in [0.15, 0.2) is 35.7 Å². The van der Waals surface area contributed by atoms with Crippen LogP contribution in [-0.4, -0.2) is 35.2 Å². The summed E-state index contributed by atoms with van der Waals surface area (Å²) in [5.41, 5.74) is 5.65. The van der Waals surface area contributed by atoms with E-state index in [0.717, 1.165) is 5.56 Å². The second-order valence-electron chi connectivity index (χ2n) is 7.76. The Kier molecular flexibility index (Phi) is 8.80. The standard InChI is InChI=1S/C21H28N4O5S/c1-21(2,3)30-20(28)25-15(18-24-16(13-31-18)17(22)26)10-7-11-23-19(27)29-12-14-8-5-4-6-9-14/h4-6,8-9,13,15H,7,10-12H2,1-3H3,(H2,22,26)(H,23,27)(H,25,28)/t15-/m0/s1. The van der Waals surface area contributed by atoms with E-state index in [1.807, 2.05) is 30.3 Å². The van der Waals surface area contributed by atoms with Crippen LogP contribution in [0, 0.1) is 0 Å². The molecule has 0 fully saturated rings. The first-order valence-electron chi connectivity index (χ1n) is 9.83. The van der Waals surface area contributed by atoms with Crippen molar-refractivity contribution in [2.75, 3.05) is 6.54 Å². The number of nitrogens with zero attached hydrogens (tertiary/aromatic N) is 1. The third kappa shape index (κ3) is 9.04. The molecule has 0 spiro atoms. The Morgan fingerprint density at radius 3 is 2.48 bits per heavy atom. The monoisotopic (exact) mass is 448 g/mol. The van der Waals surface area contributed by atoms with Gasteiger partial charge in [0.1, 0.15) is 22.9 Å². The van der Waals surface area contributed by atoms with Gasteiger partial charge in [-0.3, -0.25) is 4.79 Å². The van der Waals surface area contributed by atoms with Crippen LogP contribution in [0.3, 0.4) is 0 Å². The molecule has 0 saturated heterocycles. The first-order chi connectivity index (χ1) is 14.6. The topological polar surface area (TPSA) is 133 Å². The van der Waals surface area contributed by atoms with Gasteiger partial charge in [0.15, 0.2) is 0 Å². The summed E-state index contributed by atoms with van der Waals surface area (Å²) in [4.78, 5) is 39.6. The lowest BCUT2D eigenvalue weighted by molar-refractivity contribution is 0.0500. The summed E-state index contributed by atoms with van der Waals surface area (Å²) in [6.45, 7) is 5.82. The van der Waals surface area contributed by atoms with E-state index in [2.05, 4.69) is 15.6 Å². The Morgan fingerprint density at radius 2 is 1.87 bits per heavy atom. The van der Waals surface area contributed by atoms with Gasteiger partial charge in [-0.15, -0.1) is 11.3 Å². The number of alkyl carbamates (subject to hydrolysis) is 2. The van der Waals surface area contributed by atoms with E-state index in [1.54, 1.807) is 26.2 Å². The number of nitrogens with two attached hydrogens (primary N) is 1. The molecular weight excluding hydrogens is 420 g/mol. The summed E-state index contributed by atoms with van der Waals surface area (Å²) in [5, 5.41) is 7.52. The Hall–Kier alpha value is -3.14. The van der Waals surface area contributed by atoms with E-state index in [9.17, 15) is 14.4 Å². The number of nitrogens with one attached hydrogen (secondary N) is 2. The summed E-state index contributed by atoms with van der Waals surface area (Å²) in [7, 11) is 0. The van der Waals surface area contributed by atoms with Crippen molar-refractivity contribution in [2.24, 2.45) is 5.73 Å². The molecule has 1 atom stereocenters. The van der Waals surface area contributed by atoms with Crippen molar-refractivity contribution in [3.05, 3.63) is 52.0 Å². The maximum atomic E-state index is 12.2. The fourth-order valence-electron chi connectivity index (χ4n) is 2.54. The predicted molar refractivity (Wildman–Crippen MR) is 117 cm³/mol. The molecule has 1 aromatic heterocycles. The average molecular weight is 449 g/mol. The van der Waals surface area contributed by atoms with Crippen LogP contribution >= 0.6 is 11.3 Å². The minimum atomic E-state index is -0.653. The maximum Gasteiger partial charge on any atom is 0.408 e. The Morgan fingerprint density at radius 1 is 1.16 bits per heavy atom. The Bertz CT molecular complexity index is 879. The number of benzene rings is 1. The van der Waals surface area contributed by atoms with Crippen molar-refractivity contribution in [2.45, 2.75) is 51.9 Å². The van der Waals surface area contributed by atoms with Crippen molar-refractivity contribution < 1.29 is 23.9 Å². The van der Waals surface area contributed by atoms with Gasteiger partial charge in [0.2, 0.25) is 0 Å². The SMILES string of the molecule is CC(C)(C)OC(=O)N[C@@H](CCCNC(=O)OCc1ccccc1)c1nc(C(N)=O)cs1. The number of carbonyl (C=O) groups is 3. The van der Waals surface area contributed by atoms with Crippen LogP contribution in [0.1, 0.15) is 60.7 Å². The molecule has 31 heavy (non-hydrogen) atoms. The van der Waals surface area contributed by atoms with Crippen molar-refractivity contribution in [1.29, 1.82) is 0 Å². The molecule has 4 N–H and O–H groups in total. The molecular formula is C21H28N4O5S. The molecule has 1 aromatic carbocycles. The predicted octanol–water partition coefficient (Wildman–Crippen LogP) is 3.51. The lowest BCUT2D eigenvalue weighted by Gasteiger charge is -2.23. The summed E-state index contributed by atoms with van der Waals surface area (Å²) in [6.07, 6.45) is -0.120. The molecule has 0 saturated carbocycles. The van der Waals surface area contributed by atoms with Crippen LogP contribution in [0.5, 0.6) is 0 Å². The molecule has 3 amide bonds. The van der Waals surface area contributed by atoms with Crippen molar-refractivity contribution in [3.63, 3.8) is 0 Å². The summed E-state index contributed by atoms with van der Waals surface area (Å²) in [6, 6.07) is 8.88. The normalized spacial score (nSPS) is 12.0. The molecule has 0 radical (unpaired) electrons. The van der Waals surface area contributed by atoms with Gasteiger partial charge in [-0.05, 0) is 39.2 Å². The van der Waals surface area contributed by atoms with E-state index >= 15 is 0 Å². The molecule has 0 unspecified atom stereocenters. The average Bonchev–Trinajstić information content (AvgIpc) is 3.18. The second-order valence-corrected chi connectivity index (χ2v) is 8.65. The molecule has 0 aliphatic carbocycles. The first kappa shape index (κ1) is 24.1. The highest BCUT2D eigenvalue weighted by Crippen LogP contribution is 2.23. The van der Waals surface area contributed by atoms with Gasteiger partial charge in [-0.1, -0.05) is 30.3 Å². The third-order valence-corrected chi connectivity index (χ3v) is 4.87. The van der Waals surface area contributed by atoms with Gasteiger partial charge in [-0.2, -0.15) is 0 Å². The Labute approximate surface area is 185 Å². The lowest BCUT2D eigenvalue weighted by atomic mass is 10.1. The highest BCUT2D eigenvalue weighted by atomic mass is 32.1. The number of hydrogen-bond donors (Lipinski definition) is 3. The minimum Gasteiger partial charge on any atom is -0.445 e. The van der Waals surface area contributed by atoms with Crippen molar-refractivity contribution in [1.82, 2.24) is 15.6 Å². The number of primary amides is 1.